The van der Waals surface area contributed by atoms with Gasteiger partial charge in [0.1, 0.15) is 35.0 Å². The summed E-state index contributed by atoms with van der Waals surface area (Å²) in [6, 6.07) is 22.9. The van der Waals surface area contributed by atoms with Crippen LogP contribution in [0.2, 0.25) is 0 Å². The van der Waals surface area contributed by atoms with Crippen LogP contribution in [0.25, 0.3) is 33.4 Å². The minimum Gasteiger partial charge on any atom is -0.465 e. The second-order valence-corrected chi connectivity index (χ2v) is 18.0. The fourth-order valence-electron chi connectivity index (χ4n) is 9.97. The lowest BCUT2D eigenvalue weighted by molar-refractivity contribution is 0.0722. The second-order valence-electron chi connectivity index (χ2n) is 18.0. The van der Waals surface area contributed by atoms with Gasteiger partial charge in [0.25, 0.3) is 5.91 Å². The average Bonchev–Trinajstić information content (AvgIpc) is 3.62. The van der Waals surface area contributed by atoms with Crippen LogP contribution in [0.3, 0.4) is 0 Å². The molecule has 3 N–H and O–H groups in total. The highest BCUT2D eigenvalue weighted by Gasteiger charge is 2.59. The molecule has 1 aliphatic carbocycles. The second kappa shape index (κ2) is 15.9. The van der Waals surface area contributed by atoms with Crippen LogP contribution < -0.4 is 10.2 Å². The molecule has 1 saturated carbocycles. The number of carbonyl (C=O) groups excluding carboxylic acids is 1. The Kier molecular flexibility index (Phi) is 10.5. The van der Waals surface area contributed by atoms with Crippen LogP contribution in [-0.4, -0.2) is 75.5 Å². The van der Waals surface area contributed by atoms with Gasteiger partial charge >= 0.3 is 6.09 Å². The lowest BCUT2D eigenvalue weighted by atomic mass is 9.98. The molecule has 5 heterocycles. The molecule has 2 aliphatic rings. The molecule has 1 aliphatic heterocycles. The molecule has 2 amide bonds. The number of pyridine rings is 1. The predicted molar refractivity (Wildman–Crippen MR) is 250 cm³/mol. The molecule has 14 heteroatoms. The summed E-state index contributed by atoms with van der Waals surface area (Å²) in [7, 11) is 2.05. The number of benzene rings is 3. The summed E-state index contributed by atoms with van der Waals surface area (Å²) in [6.07, 6.45) is 4.15. The molecule has 2 atom stereocenters. The number of aryl methyl sites for hydroxylation is 4. The molecule has 0 unspecified atom stereocenters. The van der Waals surface area contributed by atoms with Crippen LogP contribution in [0, 0.1) is 39.0 Å². The van der Waals surface area contributed by atoms with E-state index in [4.69, 9.17) is 10.5 Å². The molecular formula is C50H55N11O3. The van der Waals surface area contributed by atoms with Crippen LogP contribution in [0.4, 0.5) is 16.3 Å². The van der Waals surface area contributed by atoms with E-state index in [2.05, 4.69) is 116 Å². The number of carboxylic acid groups (broad SMARTS) is 1. The molecule has 64 heavy (non-hydrogen) atoms. The van der Waals surface area contributed by atoms with Gasteiger partial charge in [-0.1, -0.05) is 39.8 Å². The van der Waals surface area contributed by atoms with Crippen molar-refractivity contribution in [1.82, 2.24) is 44.3 Å². The number of nitrogens with one attached hydrogen (secondary N) is 2. The van der Waals surface area contributed by atoms with Gasteiger partial charge in [0, 0.05) is 60.0 Å². The van der Waals surface area contributed by atoms with Crippen molar-refractivity contribution in [3.63, 3.8) is 0 Å². The number of fused-ring (bicyclic) bond motifs is 2. The maximum Gasteiger partial charge on any atom is 0.410 e. The molecule has 0 bridgehead atoms. The topological polar surface area (TPSA) is 163 Å². The van der Waals surface area contributed by atoms with Gasteiger partial charge in [0.15, 0.2) is 0 Å². The van der Waals surface area contributed by atoms with Gasteiger partial charge in [0.2, 0.25) is 0 Å². The number of aromatic nitrogens is 7. The van der Waals surface area contributed by atoms with Gasteiger partial charge in [-0.25, -0.2) is 9.48 Å². The standard InChI is InChI=1S/C50H55N11O3/c1-10-40-33(8)38(15-17-52-40)34-11-13-43-35(23-34)24-44(60(43)50(25-32(50)7)48(51)54-49(63)64)47(62)58-18-16-41-39(26-58)46(61(56-41)37-20-29(4)19-30(5)21-37)57(9)36-12-14-42(31(6)22-36)59-27-53-55-45(59)28(2)3/h11-15,17,19-24,27-28,32H,10,16,18,25-26H2,1-9H3,(H2,51,54)(H,63,64)/t32-,50-/m0/s1. The molecule has 328 valence electrons. The van der Waals surface area contributed by atoms with Crippen molar-refractivity contribution >= 4 is 40.2 Å². The van der Waals surface area contributed by atoms with Crippen molar-refractivity contribution in [2.75, 3.05) is 18.5 Å². The van der Waals surface area contributed by atoms with Gasteiger partial charge in [-0.15, -0.1) is 10.2 Å². The smallest absolute Gasteiger partial charge is 0.410 e. The maximum absolute atomic E-state index is 15.3. The van der Waals surface area contributed by atoms with Crippen LogP contribution in [0.1, 0.15) is 95.6 Å². The summed E-state index contributed by atoms with van der Waals surface area (Å²) >= 11 is 0. The van der Waals surface area contributed by atoms with Gasteiger partial charge in [-0.3, -0.25) is 25.1 Å². The van der Waals surface area contributed by atoms with Crippen LogP contribution in [0.5, 0.6) is 0 Å². The maximum atomic E-state index is 15.3. The summed E-state index contributed by atoms with van der Waals surface area (Å²) in [6.45, 7) is 17.4. The summed E-state index contributed by atoms with van der Waals surface area (Å²) in [5.41, 5.74) is 12.4. The Hall–Kier alpha value is -7.09. The lowest BCUT2D eigenvalue weighted by Gasteiger charge is -2.31. The van der Waals surface area contributed by atoms with Gasteiger partial charge < -0.3 is 19.5 Å². The molecule has 0 radical (unpaired) electrons. The molecular weight excluding hydrogens is 803 g/mol. The number of nitrogens with zero attached hydrogens (tertiary/aromatic N) is 9. The number of amides is 2. The molecule has 0 saturated heterocycles. The van der Waals surface area contributed by atoms with E-state index in [-0.39, 0.29) is 23.6 Å². The number of hydrogen-bond donors (Lipinski definition) is 3. The Morgan fingerprint density at radius 2 is 1.77 bits per heavy atom. The minimum absolute atomic E-state index is 0.0932. The van der Waals surface area contributed by atoms with E-state index in [0.717, 1.165) is 96.4 Å². The minimum atomic E-state index is -1.31. The fraction of sp³-hybridized carbons (Fsp3) is 0.340. The Labute approximate surface area is 373 Å². The Morgan fingerprint density at radius 1 is 1.02 bits per heavy atom. The van der Waals surface area contributed by atoms with E-state index in [1.807, 2.05) is 63.1 Å². The van der Waals surface area contributed by atoms with E-state index in [1.165, 1.54) is 0 Å². The van der Waals surface area contributed by atoms with Crippen molar-refractivity contribution in [1.29, 1.82) is 5.41 Å². The molecule has 1 fully saturated rings. The van der Waals surface area contributed by atoms with Crippen LogP contribution in [0.15, 0.2) is 79.3 Å². The van der Waals surface area contributed by atoms with E-state index < -0.39 is 11.6 Å². The van der Waals surface area contributed by atoms with E-state index in [9.17, 15) is 9.90 Å². The van der Waals surface area contributed by atoms with E-state index in [0.29, 0.717) is 31.6 Å². The van der Waals surface area contributed by atoms with Gasteiger partial charge in [0.05, 0.1) is 23.6 Å². The summed E-state index contributed by atoms with van der Waals surface area (Å²) < 4.78 is 5.99. The van der Waals surface area contributed by atoms with Crippen molar-refractivity contribution in [3.8, 4) is 22.5 Å². The predicted octanol–water partition coefficient (Wildman–Crippen LogP) is 9.34. The molecule has 14 nitrogen and oxygen atoms in total. The van der Waals surface area contributed by atoms with Crippen LogP contribution in [-0.2, 0) is 24.9 Å². The first-order chi connectivity index (χ1) is 30.6. The third-order valence-electron chi connectivity index (χ3n) is 13.3. The van der Waals surface area contributed by atoms with E-state index >= 15 is 4.79 Å². The largest absolute Gasteiger partial charge is 0.465 e. The first kappa shape index (κ1) is 42.2. The Morgan fingerprint density at radius 3 is 2.44 bits per heavy atom. The zero-order chi connectivity index (χ0) is 45.4. The zero-order valence-corrected chi connectivity index (χ0v) is 38.0. The average molecular weight is 858 g/mol. The van der Waals surface area contributed by atoms with Crippen molar-refractivity contribution in [3.05, 3.63) is 130 Å². The summed E-state index contributed by atoms with van der Waals surface area (Å²) in [4.78, 5) is 36.0. The SMILES string of the molecule is CCc1nccc(-c2ccc3c(c2)cc(C(=O)N2CCc4nn(-c5cc(C)cc(C)c5)c(N(C)c5ccc(-n6cnnc6C(C)C)c(C)c5)c4C2)n3[C@@]2(C(=N)NC(=O)O)C[C@@H]2C)c1C. The van der Waals surface area contributed by atoms with Crippen molar-refractivity contribution in [2.24, 2.45) is 5.92 Å². The highest BCUT2D eigenvalue weighted by molar-refractivity contribution is 6.05. The molecule has 3 aromatic carbocycles. The lowest BCUT2D eigenvalue weighted by Crippen LogP contribution is -2.44. The number of rotatable bonds is 10. The number of hydrogen-bond acceptors (Lipinski definition) is 8. The Balaban J connectivity index is 1.15. The highest BCUT2D eigenvalue weighted by atomic mass is 16.4. The first-order valence-corrected chi connectivity index (χ1v) is 22.0. The van der Waals surface area contributed by atoms with Crippen molar-refractivity contribution in [2.45, 2.75) is 92.7 Å². The quantitative estimate of drug-likeness (QED) is 0.0906. The van der Waals surface area contributed by atoms with E-state index in [1.54, 1.807) is 6.33 Å². The van der Waals surface area contributed by atoms with Gasteiger partial charge in [-0.05, 0) is 134 Å². The van der Waals surface area contributed by atoms with Crippen molar-refractivity contribution < 1.29 is 14.7 Å². The Bertz CT molecular complexity index is 3010. The first-order valence-electron chi connectivity index (χ1n) is 22.0. The molecule has 7 aromatic rings. The van der Waals surface area contributed by atoms with Crippen LogP contribution >= 0.6 is 0 Å². The third-order valence-corrected chi connectivity index (χ3v) is 13.3. The summed E-state index contributed by atoms with van der Waals surface area (Å²) in [5.74, 6) is 1.52. The zero-order valence-electron chi connectivity index (χ0n) is 38.0. The fourth-order valence-corrected chi connectivity index (χ4v) is 9.97. The number of anilines is 2. The normalized spacial score (nSPS) is 16.9. The number of carbonyl (C=O) groups is 2. The molecule has 4 aromatic heterocycles. The molecule has 0 spiro atoms. The number of amidine groups is 1. The third kappa shape index (κ3) is 7.01. The summed E-state index contributed by atoms with van der Waals surface area (Å²) in [5, 5.41) is 35.9. The monoisotopic (exact) mass is 857 g/mol. The molecule has 9 rings (SSSR count). The highest BCUT2D eigenvalue weighted by Crippen LogP contribution is 2.53. The van der Waals surface area contributed by atoms with Gasteiger partial charge in [-0.2, -0.15) is 5.10 Å².